The molecule has 3 rings (SSSR count). The van der Waals surface area contributed by atoms with Crippen molar-refractivity contribution in [3.8, 4) is 17.1 Å². The van der Waals surface area contributed by atoms with Crippen LogP contribution in [0.2, 0.25) is 0 Å². The average Bonchev–Trinajstić information content (AvgIpc) is 3.27. The summed E-state index contributed by atoms with van der Waals surface area (Å²) in [4.78, 5) is 10.3. The zero-order valence-electron chi connectivity index (χ0n) is 14.0. The Morgan fingerprint density at radius 2 is 2.19 bits per heavy atom. The van der Waals surface area contributed by atoms with Crippen LogP contribution in [0.25, 0.3) is 11.4 Å². The molecule has 2 aromatic heterocycles. The maximum atomic E-state index is 10.7. The van der Waals surface area contributed by atoms with Crippen molar-refractivity contribution < 1.29 is 9.66 Å². The number of methoxy groups -OCH3 is 1. The van der Waals surface area contributed by atoms with Crippen LogP contribution in [0.1, 0.15) is 0 Å². The molecule has 0 aliphatic carbocycles. The van der Waals surface area contributed by atoms with E-state index in [9.17, 15) is 10.1 Å². The van der Waals surface area contributed by atoms with Gasteiger partial charge in [-0.25, -0.2) is 0 Å². The minimum atomic E-state index is -0.478. The summed E-state index contributed by atoms with van der Waals surface area (Å²) in [6.07, 6.45) is 4.35. The minimum Gasteiger partial charge on any atom is -0.496 e. The molecule has 0 saturated heterocycles. The van der Waals surface area contributed by atoms with Gasteiger partial charge in [0.15, 0.2) is 11.0 Å². The number of hydrogen-bond donors (Lipinski definition) is 0. The molecule has 0 bridgehead atoms. The number of hydrogen-bond acceptors (Lipinski definition) is 7. The molecule has 0 radical (unpaired) electrons. The first-order valence-electron chi connectivity index (χ1n) is 7.61. The van der Waals surface area contributed by atoms with Crippen LogP contribution in [0, 0.1) is 10.1 Å². The standard InChI is InChI=1S/C16H16N6O3S/c1-3-8-21-15(13-6-4-5-7-14(13)25-2)18-19-16(21)26-11-20-10-12(9-17-20)22(23)24/h3-7,9-10H,1,8,11H2,2H3. The molecule has 2 heterocycles. The predicted octanol–water partition coefficient (Wildman–Crippen LogP) is 2.99. The first kappa shape index (κ1) is 17.7. The van der Waals surface area contributed by atoms with Crippen LogP contribution < -0.4 is 4.74 Å². The second kappa shape index (κ2) is 7.83. The summed E-state index contributed by atoms with van der Waals surface area (Å²) >= 11 is 1.37. The first-order chi connectivity index (χ1) is 12.6. The third-order valence-electron chi connectivity index (χ3n) is 3.53. The molecular formula is C16H16N6O3S. The molecule has 9 nitrogen and oxygen atoms in total. The summed E-state index contributed by atoms with van der Waals surface area (Å²) in [5.41, 5.74) is 0.777. The molecule has 3 aromatic rings. The van der Waals surface area contributed by atoms with E-state index in [4.69, 9.17) is 4.74 Å². The second-order valence-corrected chi connectivity index (χ2v) is 6.09. The van der Waals surface area contributed by atoms with Crippen LogP contribution in [0.3, 0.4) is 0 Å². The Kier molecular flexibility index (Phi) is 5.32. The Morgan fingerprint density at radius 1 is 1.38 bits per heavy atom. The highest BCUT2D eigenvalue weighted by Crippen LogP contribution is 2.31. The lowest BCUT2D eigenvalue weighted by Gasteiger charge is -2.10. The van der Waals surface area contributed by atoms with Gasteiger partial charge in [0, 0.05) is 6.54 Å². The maximum Gasteiger partial charge on any atom is 0.307 e. The van der Waals surface area contributed by atoms with Crippen molar-refractivity contribution >= 4 is 17.4 Å². The molecule has 0 unspecified atom stereocenters. The number of thioether (sulfide) groups is 1. The fraction of sp³-hybridized carbons (Fsp3) is 0.188. The Morgan fingerprint density at radius 3 is 2.88 bits per heavy atom. The molecule has 0 aliphatic heterocycles. The molecule has 0 atom stereocenters. The van der Waals surface area contributed by atoms with Crippen molar-refractivity contribution in [2.75, 3.05) is 7.11 Å². The smallest absolute Gasteiger partial charge is 0.307 e. The van der Waals surface area contributed by atoms with Gasteiger partial charge >= 0.3 is 5.69 Å². The van der Waals surface area contributed by atoms with E-state index in [1.54, 1.807) is 13.2 Å². The molecule has 26 heavy (non-hydrogen) atoms. The van der Waals surface area contributed by atoms with Crippen molar-refractivity contribution in [3.05, 3.63) is 59.4 Å². The van der Waals surface area contributed by atoms with Gasteiger partial charge in [0.2, 0.25) is 0 Å². The van der Waals surface area contributed by atoms with E-state index in [1.165, 1.54) is 28.8 Å². The van der Waals surface area contributed by atoms with Crippen LogP contribution in [0.15, 0.2) is 54.5 Å². The quantitative estimate of drug-likeness (QED) is 0.259. The lowest BCUT2D eigenvalue weighted by atomic mass is 10.2. The third kappa shape index (κ3) is 3.59. The highest BCUT2D eigenvalue weighted by molar-refractivity contribution is 7.98. The zero-order chi connectivity index (χ0) is 18.5. The summed E-state index contributed by atoms with van der Waals surface area (Å²) in [5, 5.41) is 23.9. The lowest BCUT2D eigenvalue weighted by Crippen LogP contribution is -2.03. The number of aromatic nitrogens is 5. The van der Waals surface area contributed by atoms with E-state index in [0.717, 1.165) is 5.56 Å². The van der Waals surface area contributed by atoms with Gasteiger partial charge in [-0.1, -0.05) is 30.0 Å². The normalized spacial score (nSPS) is 10.7. The van der Waals surface area contributed by atoms with E-state index in [1.807, 2.05) is 28.8 Å². The largest absolute Gasteiger partial charge is 0.496 e. The van der Waals surface area contributed by atoms with Gasteiger partial charge in [-0.05, 0) is 12.1 Å². The van der Waals surface area contributed by atoms with Crippen LogP contribution in [0.4, 0.5) is 5.69 Å². The Bertz CT molecular complexity index is 936. The molecule has 0 amide bonds. The molecule has 134 valence electrons. The zero-order valence-corrected chi connectivity index (χ0v) is 14.8. The minimum absolute atomic E-state index is 0.0483. The van der Waals surface area contributed by atoms with Gasteiger partial charge in [0.1, 0.15) is 18.1 Å². The number of rotatable bonds is 8. The molecule has 0 saturated carbocycles. The number of ether oxygens (including phenoxy) is 1. The summed E-state index contributed by atoms with van der Waals surface area (Å²) in [5.74, 6) is 1.73. The van der Waals surface area contributed by atoms with Crippen LogP contribution in [-0.2, 0) is 12.4 Å². The van der Waals surface area contributed by atoms with Gasteiger partial charge < -0.3 is 4.74 Å². The van der Waals surface area contributed by atoms with Crippen molar-refractivity contribution in [3.63, 3.8) is 0 Å². The summed E-state index contributed by atoms with van der Waals surface area (Å²) in [6.45, 7) is 4.30. The highest BCUT2D eigenvalue weighted by atomic mass is 32.2. The van der Waals surface area contributed by atoms with E-state index in [-0.39, 0.29) is 5.69 Å². The summed E-state index contributed by atoms with van der Waals surface area (Å²) in [7, 11) is 1.60. The van der Waals surface area contributed by atoms with Crippen molar-refractivity contribution in [1.29, 1.82) is 0 Å². The number of nitrogens with zero attached hydrogens (tertiary/aromatic N) is 6. The van der Waals surface area contributed by atoms with Crippen molar-refractivity contribution in [2.24, 2.45) is 0 Å². The van der Waals surface area contributed by atoms with E-state index in [2.05, 4.69) is 21.9 Å². The Hall–Kier alpha value is -3.14. The second-order valence-electron chi connectivity index (χ2n) is 5.17. The Balaban J connectivity index is 1.87. The van der Waals surface area contributed by atoms with E-state index < -0.39 is 4.92 Å². The topological polar surface area (TPSA) is 101 Å². The average molecular weight is 372 g/mol. The monoisotopic (exact) mass is 372 g/mol. The summed E-state index contributed by atoms with van der Waals surface area (Å²) in [6, 6.07) is 7.56. The molecule has 1 aromatic carbocycles. The fourth-order valence-corrected chi connectivity index (χ4v) is 3.16. The van der Waals surface area contributed by atoms with Gasteiger partial charge in [-0.15, -0.1) is 16.8 Å². The highest BCUT2D eigenvalue weighted by Gasteiger charge is 2.17. The molecule has 0 spiro atoms. The van der Waals surface area contributed by atoms with Crippen LogP contribution >= 0.6 is 11.8 Å². The SMILES string of the molecule is C=CCn1c(SCn2cc([N+](=O)[O-])cn2)nnc1-c1ccccc1OC. The molecule has 0 N–H and O–H groups in total. The first-order valence-corrected chi connectivity index (χ1v) is 8.59. The molecule has 0 aliphatic rings. The van der Waals surface area contributed by atoms with Crippen LogP contribution in [-0.4, -0.2) is 36.6 Å². The predicted molar refractivity (Wildman–Crippen MR) is 96.9 cm³/mol. The van der Waals surface area contributed by atoms with Gasteiger partial charge in [0.25, 0.3) is 0 Å². The van der Waals surface area contributed by atoms with Gasteiger partial charge in [-0.2, -0.15) is 5.10 Å². The van der Waals surface area contributed by atoms with E-state index in [0.29, 0.717) is 29.2 Å². The Labute approximate surface area is 153 Å². The van der Waals surface area contributed by atoms with Crippen molar-refractivity contribution in [1.82, 2.24) is 24.5 Å². The number of nitro groups is 1. The van der Waals surface area contributed by atoms with Crippen molar-refractivity contribution in [2.45, 2.75) is 17.6 Å². The lowest BCUT2D eigenvalue weighted by molar-refractivity contribution is -0.385. The van der Waals surface area contributed by atoms with Gasteiger partial charge in [-0.3, -0.25) is 19.4 Å². The third-order valence-corrected chi connectivity index (χ3v) is 4.49. The number of para-hydroxylation sites is 1. The summed E-state index contributed by atoms with van der Waals surface area (Å²) < 4.78 is 8.80. The maximum absolute atomic E-state index is 10.7. The number of allylic oxidation sites excluding steroid dienone is 1. The number of benzene rings is 1. The molecular weight excluding hydrogens is 356 g/mol. The van der Waals surface area contributed by atoms with Crippen LogP contribution in [0.5, 0.6) is 5.75 Å². The fourth-order valence-electron chi connectivity index (χ4n) is 2.36. The molecule has 0 fully saturated rings. The van der Waals surface area contributed by atoms with E-state index >= 15 is 0 Å². The molecule has 10 heteroatoms. The van der Waals surface area contributed by atoms with Gasteiger partial charge in [0.05, 0.1) is 23.5 Å².